The van der Waals surface area contributed by atoms with Crippen molar-refractivity contribution in [3.8, 4) is 0 Å². The van der Waals surface area contributed by atoms with Crippen molar-refractivity contribution < 1.29 is 22.8 Å². The third-order valence-electron chi connectivity index (χ3n) is 7.25. The number of rotatable bonds is 9. The molecule has 1 heterocycles. The van der Waals surface area contributed by atoms with Crippen molar-refractivity contribution >= 4 is 27.7 Å². The fraction of sp³-hybridized carbons (Fsp3) is 0.464. The molecule has 8 nitrogen and oxygen atoms in total. The highest BCUT2D eigenvalue weighted by Crippen LogP contribution is 2.30. The molecule has 1 aliphatic carbocycles. The third-order valence-corrected chi connectivity index (χ3v) is 9.09. The summed E-state index contributed by atoms with van der Waals surface area (Å²) >= 11 is 0. The minimum Gasteiger partial charge on any atom is -0.352 e. The predicted octanol–water partition coefficient (Wildman–Crippen LogP) is 3.79. The molecule has 4 rings (SSSR count). The first-order chi connectivity index (χ1) is 17.7. The molecular formula is C28H35N3O5S. The molecule has 0 saturated heterocycles. The summed E-state index contributed by atoms with van der Waals surface area (Å²) in [5.41, 5.74) is 2.07. The molecule has 1 fully saturated rings. The third kappa shape index (κ3) is 5.87. The number of carbonyl (C=O) groups excluding carboxylic acids is 3. The number of carbonyl (C=O) groups is 3. The number of amides is 3. The van der Waals surface area contributed by atoms with E-state index in [0.29, 0.717) is 6.42 Å². The van der Waals surface area contributed by atoms with Crippen LogP contribution < -0.4 is 5.32 Å². The number of hydrogen-bond acceptors (Lipinski definition) is 5. The Morgan fingerprint density at radius 3 is 2.38 bits per heavy atom. The Labute approximate surface area is 219 Å². The monoisotopic (exact) mass is 525 g/mol. The molecule has 1 aliphatic heterocycles. The Bertz CT molecular complexity index is 1250. The van der Waals surface area contributed by atoms with Gasteiger partial charge in [-0.15, -0.1) is 0 Å². The van der Waals surface area contributed by atoms with Gasteiger partial charge in [-0.3, -0.25) is 14.4 Å². The number of fused-ring (bicyclic) bond motifs is 1. The van der Waals surface area contributed by atoms with Crippen LogP contribution in [0.3, 0.4) is 0 Å². The molecule has 1 atom stereocenters. The molecule has 2 aromatic carbocycles. The van der Waals surface area contributed by atoms with Crippen molar-refractivity contribution in [2.24, 2.45) is 0 Å². The Morgan fingerprint density at radius 2 is 1.73 bits per heavy atom. The lowest BCUT2D eigenvalue weighted by atomic mass is 9.95. The lowest BCUT2D eigenvalue weighted by Crippen LogP contribution is -2.52. The van der Waals surface area contributed by atoms with Gasteiger partial charge in [0.1, 0.15) is 10.9 Å². The molecule has 0 spiro atoms. The second-order valence-corrected chi connectivity index (χ2v) is 11.7. The SMILES string of the molecule is CC[C@H](C(=O)NC1CCCCC1)N(Cc1ccc(C)cc1)C(=O)CCN1C(=O)c2ccccc2S1(=O)=O. The highest BCUT2D eigenvalue weighted by Gasteiger charge is 2.41. The number of benzene rings is 2. The van der Waals surface area contributed by atoms with Crippen LogP contribution in [0.5, 0.6) is 0 Å². The summed E-state index contributed by atoms with van der Waals surface area (Å²) in [4.78, 5) is 41.2. The maximum atomic E-state index is 13.6. The van der Waals surface area contributed by atoms with Crippen LogP contribution in [0.25, 0.3) is 0 Å². The average molecular weight is 526 g/mol. The molecular weight excluding hydrogens is 490 g/mol. The number of nitrogens with one attached hydrogen (secondary N) is 1. The van der Waals surface area contributed by atoms with Gasteiger partial charge in [-0.2, -0.15) is 0 Å². The van der Waals surface area contributed by atoms with Crippen molar-refractivity contribution in [2.75, 3.05) is 6.54 Å². The Hall–Kier alpha value is -3.20. The molecule has 0 bridgehead atoms. The minimum atomic E-state index is -4.01. The van der Waals surface area contributed by atoms with E-state index in [0.717, 1.165) is 41.1 Å². The van der Waals surface area contributed by atoms with Crippen LogP contribution in [-0.2, 0) is 26.2 Å². The zero-order valence-electron chi connectivity index (χ0n) is 21.5. The normalized spacial score (nSPS) is 17.8. The van der Waals surface area contributed by atoms with Crippen molar-refractivity contribution in [1.82, 2.24) is 14.5 Å². The summed E-state index contributed by atoms with van der Waals surface area (Å²) in [5.74, 6) is -1.19. The van der Waals surface area contributed by atoms with Crippen molar-refractivity contribution in [3.63, 3.8) is 0 Å². The Balaban J connectivity index is 1.52. The topological polar surface area (TPSA) is 104 Å². The summed E-state index contributed by atoms with van der Waals surface area (Å²) in [6, 6.07) is 13.2. The maximum absolute atomic E-state index is 13.6. The van der Waals surface area contributed by atoms with E-state index in [1.54, 1.807) is 12.1 Å². The molecule has 2 aliphatic rings. The summed E-state index contributed by atoms with van der Waals surface area (Å²) in [6.45, 7) is 3.78. The average Bonchev–Trinajstić information content (AvgIpc) is 3.09. The first-order valence-electron chi connectivity index (χ1n) is 13.0. The van der Waals surface area contributed by atoms with E-state index < -0.39 is 22.0 Å². The van der Waals surface area contributed by atoms with E-state index in [-0.39, 0.29) is 47.8 Å². The number of nitrogens with zero attached hydrogens (tertiary/aromatic N) is 2. The fourth-order valence-corrected chi connectivity index (χ4v) is 6.72. The summed E-state index contributed by atoms with van der Waals surface area (Å²) in [7, 11) is -4.01. The van der Waals surface area contributed by atoms with Crippen LogP contribution in [-0.4, -0.2) is 54.0 Å². The summed E-state index contributed by atoms with van der Waals surface area (Å²) in [6.07, 6.45) is 5.40. The zero-order chi connectivity index (χ0) is 26.6. The van der Waals surface area contributed by atoms with Gasteiger partial charge in [0.25, 0.3) is 15.9 Å². The van der Waals surface area contributed by atoms with Gasteiger partial charge < -0.3 is 10.2 Å². The van der Waals surface area contributed by atoms with Crippen LogP contribution in [0.2, 0.25) is 0 Å². The van der Waals surface area contributed by atoms with Gasteiger partial charge in [-0.05, 0) is 43.9 Å². The van der Waals surface area contributed by atoms with E-state index in [1.165, 1.54) is 23.5 Å². The quantitative estimate of drug-likeness (QED) is 0.537. The zero-order valence-corrected chi connectivity index (χ0v) is 22.3. The highest BCUT2D eigenvalue weighted by atomic mass is 32.2. The van der Waals surface area contributed by atoms with Crippen LogP contribution in [0.15, 0.2) is 53.4 Å². The standard InChI is InChI=1S/C28H35N3O5S/c1-3-24(27(33)29-22-9-5-4-6-10-22)30(19-21-15-13-20(2)14-16-21)26(32)17-18-31-28(34)23-11-7-8-12-25(23)37(31,35)36/h7-8,11-16,22,24H,3-6,9-10,17-19H2,1-2H3,(H,29,33)/t24-/m1/s1. The van der Waals surface area contributed by atoms with Crippen molar-refractivity contribution in [2.45, 2.75) is 82.3 Å². The van der Waals surface area contributed by atoms with Crippen LogP contribution in [0.4, 0.5) is 0 Å². The van der Waals surface area contributed by atoms with Gasteiger partial charge in [0, 0.05) is 25.6 Å². The predicted molar refractivity (Wildman–Crippen MR) is 140 cm³/mol. The lowest BCUT2D eigenvalue weighted by molar-refractivity contribution is -0.141. The van der Waals surface area contributed by atoms with Gasteiger partial charge >= 0.3 is 0 Å². The lowest BCUT2D eigenvalue weighted by Gasteiger charge is -2.33. The number of aryl methyl sites for hydroxylation is 1. The second-order valence-electron chi connectivity index (χ2n) is 9.90. The van der Waals surface area contributed by atoms with Crippen molar-refractivity contribution in [1.29, 1.82) is 0 Å². The smallest absolute Gasteiger partial charge is 0.269 e. The Kier molecular flexibility index (Phi) is 8.32. The van der Waals surface area contributed by atoms with Gasteiger partial charge in [-0.1, -0.05) is 68.1 Å². The molecule has 37 heavy (non-hydrogen) atoms. The number of sulfonamides is 1. The van der Waals surface area contributed by atoms with Gasteiger partial charge in [-0.25, -0.2) is 12.7 Å². The van der Waals surface area contributed by atoms with Gasteiger partial charge in [0.2, 0.25) is 11.8 Å². The summed E-state index contributed by atoms with van der Waals surface area (Å²) < 4.78 is 26.6. The van der Waals surface area contributed by atoms with Crippen molar-refractivity contribution in [3.05, 3.63) is 65.2 Å². The molecule has 0 unspecified atom stereocenters. The molecule has 0 aromatic heterocycles. The molecule has 9 heteroatoms. The van der Waals surface area contributed by atoms with Gasteiger partial charge in [0.05, 0.1) is 5.56 Å². The molecule has 2 aromatic rings. The summed E-state index contributed by atoms with van der Waals surface area (Å²) in [5, 5.41) is 3.14. The largest absolute Gasteiger partial charge is 0.352 e. The Morgan fingerprint density at radius 1 is 1.05 bits per heavy atom. The molecule has 3 amide bonds. The minimum absolute atomic E-state index is 0.0396. The van der Waals surface area contributed by atoms with E-state index in [4.69, 9.17) is 0 Å². The van der Waals surface area contributed by atoms with E-state index in [1.807, 2.05) is 38.1 Å². The number of hydrogen-bond donors (Lipinski definition) is 1. The highest BCUT2D eigenvalue weighted by molar-refractivity contribution is 7.90. The molecule has 0 radical (unpaired) electrons. The molecule has 198 valence electrons. The van der Waals surface area contributed by atoms with Crippen LogP contribution >= 0.6 is 0 Å². The van der Waals surface area contributed by atoms with E-state index >= 15 is 0 Å². The fourth-order valence-electron chi connectivity index (χ4n) is 5.15. The van der Waals surface area contributed by atoms with E-state index in [2.05, 4.69) is 5.32 Å². The molecule has 1 saturated carbocycles. The maximum Gasteiger partial charge on any atom is 0.269 e. The van der Waals surface area contributed by atoms with Crippen LogP contribution in [0, 0.1) is 6.92 Å². The second kappa shape index (κ2) is 11.5. The van der Waals surface area contributed by atoms with E-state index in [9.17, 15) is 22.8 Å². The van der Waals surface area contributed by atoms with Crippen LogP contribution in [0.1, 0.15) is 73.4 Å². The first-order valence-corrected chi connectivity index (χ1v) is 14.5. The first kappa shape index (κ1) is 26.9. The van der Waals surface area contributed by atoms with Gasteiger partial charge in [0.15, 0.2) is 0 Å². The molecule has 1 N–H and O–H groups in total.